The van der Waals surface area contributed by atoms with E-state index in [0.717, 1.165) is 5.56 Å². The third kappa shape index (κ3) is 4.20. The lowest BCUT2D eigenvalue weighted by Gasteiger charge is -2.14. The zero-order chi connectivity index (χ0) is 17.0. The van der Waals surface area contributed by atoms with Gasteiger partial charge in [0.2, 0.25) is 0 Å². The van der Waals surface area contributed by atoms with Gasteiger partial charge >= 0.3 is 0 Å². The van der Waals surface area contributed by atoms with Gasteiger partial charge in [0.05, 0.1) is 16.2 Å². The lowest BCUT2D eigenvalue weighted by Crippen LogP contribution is -2.37. The Hall–Kier alpha value is -2.59. The second kappa shape index (κ2) is 6.67. The molecule has 1 aromatic carbocycles. The summed E-state index contributed by atoms with van der Waals surface area (Å²) in [5.41, 5.74) is 1.54. The number of rotatable bonds is 5. The van der Waals surface area contributed by atoms with Crippen LogP contribution < -0.4 is 5.32 Å². The Labute approximate surface area is 135 Å². The van der Waals surface area contributed by atoms with Crippen molar-refractivity contribution in [3.8, 4) is 6.07 Å². The van der Waals surface area contributed by atoms with Gasteiger partial charge in [-0.15, -0.1) is 0 Å². The number of H-pyrrole nitrogens is 1. The highest BCUT2D eigenvalue weighted by atomic mass is 32.2. The van der Waals surface area contributed by atoms with Gasteiger partial charge in [0.1, 0.15) is 11.8 Å². The fourth-order valence-corrected chi connectivity index (χ4v) is 3.59. The first-order valence-electron chi connectivity index (χ1n) is 7.00. The van der Waals surface area contributed by atoms with Gasteiger partial charge in [-0.05, 0) is 32.0 Å². The normalized spacial score (nSPS) is 12.4. The summed E-state index contributed by atoms with van der Waals surface area (Å²) >= 11 is 0. The smallest absolute Gasteiger partial charge is 0.253 e. The number of aryl methyl sites for hydroxylation is 1. The average molecular weight is 331 g/mol. The summed E-state index contributed by atoms with van der Waals surface area (Å²) in [7, 11) is -3.48. The number of amides is 1. The molecule has 1 atom stereocenters. The summed E-state index contributed by atoms with van der Waals surface area (Å²) in [6.45, 7) is 3.51. The first-order valence-corrected chi connectivity index (χ1v) is 8.66. The van der Waals surface area contributed by atoms with E-state index < -0.39 is 21.8 Å². The summed E-state index contributed by atoms with van der Waals surface area (Å²) < 4.78 is 24.6. The molecule has 0 saturated carbocycles. The van der Waals surface area contributed by atoms with Crippen LogP contribution in [-0.4, -0.2) is 31.1 Å². The second-order valence-corrected chi connectivity index (χ2v) is 7.42. The van der Waals surface area contributed by atoms with Crippen LogP contribution in [0, 0.1) is 18.3 Å². The Balaban J connectivity index is 2.03. The fraction of sp³-hybridized carbons (Fsp3) is 0.250. The van der Waals surface area contributed by atoms with Gasteiger partial charge in [-0.1, -0.05) is 17.7 Å². The maximum absolute atomic E-state index is 12.3. The number of aromatic nitrogens is 1. The van der Waals surface area contributed by atoms with Crippen LogP contribution in [-0.2, 0) is 9.84 Å². The standard InChI is InChI=1S/C16H17N3O3S/c1-11-3-5-15(6-4-11)23(21,22)10-12(2)19-16(20)13-7-14(8-17)18-9-13/h3-7,9,12,18H,10H2,1-2H3,(H,19,20). The van der Waals surface area contributed by atoms with Gasteiger partial charge in [0.25, 0.3) is 5.91 Å². The summed E-state index contributed by atoms with van der Waals surface area (Å²) in [5.74, 6) is -0.619. The molecule has 0 aliphatic rings. The minimum absolute atomic E-state index is 0.197. The van der Waals surface area contributed by atoms with Crippen molar-refractivity contribution in [1.29, 1.82) is 5.26 Å². The number of hydrogen-bond donors (Lipinski definition) is 2. The first-order chi connectivity index (χ1) is 10.8. The molecule has 1 unspecified atom stereocenters. The number of nitriles is 1. The highest BCUT2D eigenvalue weighted by molar-refractivity contribution is 7.91. The van der Waals surface area contributed by atoms with Crippen LogP contribution in [0.1, 0.15) is 28.5 Å². The van der Waals surface area contributed by atoms with Crippen LogP contribution in [0.4, 0.5) is 0 Å². The van der Waals surface area contributed by atoms with Crippen molar-refractivity contribution in [3.63, 3.8) is 0 Å². The zero-order valence-corrected chi connectivity index (χ0v) is 13.6. The monoisotopic (exact) mass is 331 g/mol. The molecule has 120 valence electrons. The molecule has 0 aliphatic carbocycles. The van der Waals surface area contributed by atoms with Gasteiger partial charge < -0.3 is 10.3 Å². The molecule has 23 heavy (non-hydrogen) atoms. The van der Waals surface area contributed by atoms with E-state index in [4.69, 9.17) is 5.26 Å². The molecular formula is C16H17N3O3S. The van der Waals surface area contributed by atoms with Crippen LogP contribution in [0.25, 0.3) is 0 Å². The topological polar surface area (TPSA) is 103 Å². The van der Waals surface area contributed by atoms with Crippen LogP contribution in [0.3, 0.4) is 0 Å². The van der Waals surface area contributed by atoms with Gasteiger partial charge in [0.15, 0.2) is 9.84 Å². The van der Waals surface area contributed by atoms with E-state index in [9.17, 15) is 13.2 Å². The van der Waals surface area contributed by atoms with Crippen LogP contribution >= 0.6 is 0 Å². The fourth-order valence-electron chi connectivity index (χ4n) is 2.11. The molecule has 7 heteroatoms. The van der Waals surface area contributed by atoms with Gasteiger partial charge in [-0.2, -0.15) is 5.26 Å². The Kier molecular flexibility index (Phi) is 4.86. The molecule has 0 bridgehead atoms. The Morgan fingerprint density at radius 2 is 2.00 bits per heavy atom. The molecule has 0 fully saturated rings. The molecule has 2 N–H and O–H groups in total. The molecule has 1 aromatic heterocycles. The minimum Gasteiger partial charge on any atom is -0.352 e. The lowest BCUT2D eigenvalue weighted by molar-refractivity contribution is 0.0944. The van der Waals surface area contributed by atoms with Gasteiger partial charge in [-0.25, -0.2) is 8.42 Å². The van der Waals surface area contributed by atoms with Gasteiger partial charge in [-0.3, -0.25) is 4.79 Å². The Morgan fingerprint density at radius 3 is 2.57 bits per heavy atom. The molecular weight excluding hydrogens is 314 g/mol. The van der Waals surface area contributed by atoms with Crippen molar-refractivity contribution in [1.82, 2.24) is 10.3 Å². The van der Waals surface area contributed by atoms with Crippen LogP contribution in [0.15, 0.2) is 41.4 Å². The summed E-state index contributed by atoms with van der Waals surface area (Å²) in [4.78, 5) is 14.9. The molecule has 0 spiro atoms. The van der Waals surface area contributed by atoms with E-state index in [1.54, 1.807) is 31.2 Å². The van der Waals surface area contributed by atoms with E-state index in [1.807, 2.05) is 13.0 Å². The molecule has 1 amide bonds. The van der Waals surface area contributed by atoms with Crippen molar-refractivity contribution >= 4 is 15.7 Å². The average Bonchev–Trinajstić information content (AvgIpc) is 2.96. The molecule has 0 aliphatic heterocycles. The van der Waals surface area contributed by atoms with Crippen molar-refractivity contribution in [2.75, 3.05) is 5.75 Å². The van der Waals surface area contributed by atoms with Crippen molar-refractivity contribution in [2.24, 2.45) is 0 Å². The number of nitrogens with zero attached hydrogens (tertiary/aromatic N) is 1. The zero-order valence-electron chi connectivity index (χ0n) is 12.8. The van der Waals surface area contributed by atoms with Gasteiger partial charge in [0, 0.05) is 12.2 Å². The van der Waals surface area contributed by atoms with Crippen LogP contribution in [0.2, 0.25) is 0 Å². The summed E-state index contributed by atoms with van der Waals surface area (Å²) in [6.07, 6.45) is 1.41. The molecule has 0 radical (unpaired) electrons. The SMILES string of the molecule is Cc1ccc(S(=O)(=O)CC(C)NC(=O)c2c[nH]c(C#N)c2)cc1. The maximum atomic E-state index is 12.3. The van der Waals surface area contributed by atoms with Crippen molar-refractivity contribution in [2.45, 2.75) is 24.8 Å². The maximum Gasteiger partial charge on any atom is 0.253 e. The molecule has 2 rings (SSSR count). The van der Waals surface area contributed by atoms with Crippen molar-refractivity contribution < 1.29 is 13.2 Å². The Morgan fingerprint density at radius 1 is 1.35 bits per heavy atom. The van der Waals surface area contributed by atoms with E-state index >= 15 is 0 Å². The minimum atomic E-state index is -3.48. The number of hydrogen-bond acceptors (Lipinski definition) is 4. The van der Waals surface area contributed by atoms with Crippen LogP contribution in [0.5, 0.6) is 0 Å². The number of nitrogens with one attached hydrogen (secondary N) is 2. The molecule has 0 saturated heterocycles. The molecule has 6 nitrogen and oxygen atoms in total. The molecule has 2 aromatic rings. The number of aromatic amines is 1. The summed E-state index contributed by atoms with van der Waals surface area (Å²) in [5, 5.41) is 11.3. The van der Waals surface area contributed by atoms with Crippen molar-refractivity contribution in [3.05, 3.63) is 53.3 Å². The number of benzene rings is 1. The largest absolute Gasteiger partial charge is 0.352 e. The number of carbonyl (C=O) groups excluding carboxylic acids is 1. The first kappa shape index (κ1) is 16.8. The number of sulfone groups is 1. The lowest BCUT2D eigenvalue weighted by atomic mass is 10.2. The highest BCUT2D eigenvalue weighted by Gasteiger charge is 2.20. The third-order valence-electron chi connectivity index (χ3n) is 3.29. The van der Waals surface area contributed by atoms with E-state index in [1.165, 1.54) is 12.3 Å². The quantitative estimate of drug-likeness (QED) is 0.871. The number of carbonyl (C=O) groups is 1. The Bertz CT molecular complexity index is 845. The predicted molar refractivity (Wildman–Crippen MR) is 85.7 cm³/mol. The predicted octanol–water partition coefficient (Wildman–Crippen LogP) is 1.79. The van der Waals surface area contributed by atoms with E-state index in [2.05, 4.69) is 10.3 Å². The third-order valence-corrected chi connectivity index (χ3v) is 5.22. The summed E-state index contributed by atoms with van der Waals surface area (Å²) in [6, 6.07) is 9.33. The second-order valence-electron chi connectivity index (χ2n) is 5.38. The van der Waals surface area contributed by atoms with E-state index in [0.29, 0.717) is 5.56 Å². The van der Waals surface area contributed by atoms with E-state index in [-0.39, 0.29) is 16.3 Å². The molecule has 1 heterocycles. The highest BCUT2D eigenvalue weighted by Crippen LogP contribution is 2.13.